The first-order chi connectivity index (χ1) is 9.01. The summed E-state index contributed by atoms with van der Waals surface area (Å²) in [6, 6.07) is 5.35. The molecular formula is C10H12ClNO6S2. The molecule has 0 spiro atoms. The van der Waals surface area contributed by atoms with Gasteiger partial charge in [0.15, 0.2) is 14.9 Å². The van der Waals surface area contributed by atoms with Crippen LogP contribution in [0.3, 0.4) is 0 Å². The minimum atomic E-state index is -4.32. The third kappa shape index (κ3) is 4.99. The molecule has 0 atom stereocenters. The largest absolute Gasteiger partial charge is 0.480 e. The van der Waals surface area contributed by atoms with Crippen LogP contribution in [0.2, 0.25) is 5.02 Å². The molecule has 0 saturated carbocycles. The molecule has 1 N–H and O–H groups in total. The Bertz CT molecular complexity index is 696. The molecule has 0 amide bonds. The third-order valence-corrected chi connectivity index (χ3v) is 6.26. The summed E-state index contributed by atoms with van der Waals surface area (Å²) in [6.45, 7) is -0.876. The molecule has 0 radical (unpaired) electrons. The number of sulfonamides is 1. The first kappa shape index (κ1) is 16.7. The van der Waals surface area contributed by atoms with E-state index < -0.39 is 37.5 Å². The fourth-order valence-electron chi connectivity index (χ4n) is 1.41. The van der Waals surface area contributed by atoms with Gasteiger partial charge in [-0.05, 0) is 24.3 Å². The SMILES string of the molecule is CS(=O)(=O)CS(=O)(=O)N(CC(=O)O)c1ccc(Cl)cc1. The summed E-state index contributed by atoms with van der Waals surface area (Å²) >= 11 is 5.66. The van der Waals surface area contributed by atoms with Crippen LogP contribution in [-0.2, 0) is 24.7 Å². The number of carboxylic acids is 1. The van der Waals surface area contributed by atoms with E-state index in [1.165, 1.54) is 24.3 Å². The van der Waals surface area contributed by atoms with Crippen molar-refractivity contribution in [2.24, 2.45) is 0 Å². The molecule has 0 aliphatic carbocycles. The lowest BCUT2D eigenvalue weighted by molar-refractivity contribution is -0.135. The van der Waals surface area contributed by atoms with Gasteiger partial charge in [-0.2, -0.15) is 0 Å². The topological polar surface area (TPSA) is 109 Å². The minimum Gasteiger partial charge on any atom is -0.480 e. The molecule has 7 nitrogen and oxygen atoms in total. The summed E-state index contributed by atoms with van der Waals surface area (Å²) in [5.74, 6) is -1.41. The maximum absolute atomic E-state index is 12.0. The Balaban J connectivity index is 3.25. The summed E-state index contributed by atoms with van der Waals surface area (Å²) in [7, 11) is -8.15. The van der Waals surface area contributed by atoms with E-state index in [4.69, 9.17) is 16.7 Å². The van der Waals surface area contributed by atoms with Crippen LogP contribution in [0, 0.1) is 0 Å². The van der Waals surface area contributed by atoms with Crippen LogP contribution in [0.1, 0.15) is 0 Å². The lowest BCUT2D eigenvalue weighted by atomic mass is 10.3. The Kier molecular flexibility index (Phi) is 5.00. The number of carbonyl (C=O) groups is 1. The Labute approximate surface area is 121 Å². The molecule has 0 heterocycles. The molecule has 0 fully saturated rings. The summed E-state index contributed by atoms with van der Waals surface area (Å²) in [5, 5.41) is 7.95. The van der Waals surface area contributed by atoms with Crippen LogP contribution >= 0.6 is 11.6 Å². The number of halogens is 1. The highest BCUT2D eigenvalue weighted by molar-refractivity contribution is 8.08. The van der Waals surface area contributed by atoms with Crippen LogP contribution < -0.4 is 4.31 Å². The second-order valence-corrected chi connectivity index (χ2v) is 8.87. The number of aliphatic carboxylic acids is 1. The zero-order valence-corrected chi connectivity index (χ0v) is 12.7. The van der Waals surface area contributed by atoms with Crippen molar-refractivity contribution in [2.45, 2.75) is 0 Å². The van der Waals surface area contributed by atoms with Crippen LogP contribution in [0.15, 0.2) is 24.3 Å². The molecule has 0 unspecified atom stereocenters. The lowest BCUT2D eigenvalue weighted by Gasteiger charge is -2.22. The molecule has 0 aromatic heterocycles. The monoisotopic (exact) mass is 341 g/mol. The molecule has 0 aliphatic heterocycles. The normalized spacial score (nSPS) is 12.1. The predicted octanol–water partition coefficient (Wildman–Crippen LogP) is 0.563. The number of rotatable bonds is 6. The Morgan fingerprint density at radius 1 is 1.20 bits per heavy atom. The van der Waals surface area contributed by atoms with Crippen molar-refractivity contribution in [1.82, 2.24) is 0 Å². The van der Waals surface area contributed by atoms with Gasteiger partial charge in [0.05, 0.1) is 5.69 Å². The van der Waals surface area contributed by atoms with Gasteiger partial charge in [0.2, 0.25) is 10.0 Å². The maximum Gasteiger partial charge on any atom is 0.324 e. The van der Waals surface area contributed by atoms with Gasteiger partial charge in [-0.25, -0.2) is 16.8 Å². The highest BCUT2D eigenvalue weighted by Crippen LogP contribution is 2.21. The van der Waals surface area contributed by atoms with Gasteiger partial charge in [-0.3, -0.25) is 9.10 Å². The fraction of sp³-hybridized carbons (Fsp3) is 0.300. The second-order valence-electron chi connectivity index (χ2n) is 4.03. The molecular weight excluding hydrogens is 330 g/mol. The van der Waals surface area contributed by atoms with Crippen molar-refractivity contribution in [2.75, 3.05) is 22.2 Å². The van der Waals surface area contributed by atoms with Gasteiger partial charge in [0.25, 0.3) is 0 Å². The molecule has 1 aromatic rings. The molecule has 0 saturated heterocycles. The van der Waals surface area contributed by atoms with Crippen molar-refractivity contribution in [3.05, 3.63) is 29.3 Å². The van der Waals surface area contributed by atoms with Crippen molar-refractivity contribution in [3.63, 3.8) is 0 Å². The minimum absolute atomic E-state index is 0.0282. The number of carboxylic acid groups (broad SMARTS) is 1. The van der Waals surface area contributed by atoms with E-state index >= 15 is 0 Å². The molecule has 20 heavy (non-hydrogen) atoms. The van der Waals surface area contributed by atoms with Gasteiger partial charge in [-0.1, -0.05) is 11.6 Å². The first-order valence-electron chi connectivity index (χ1n) is 5.17. The molecule has 10 heteroatoms. The van der Waals surface area contributed by atoms with E-state index in [9.17, 15) is 21.6 Å². The summed E-state index contributed by atoms with van der Waals surface area (Å²) in [4.78, 5) is 10.8. The van der Waals surface area contributed by atoms with E-state index in [0.29, 0.717) is 9.33 Å². The highest BCUT2D eigenvalue weighted by atomic mass is 35.5. The Hall–Kier alpha value is -1.32. The lowest BCUT2D eigenvalue weighted by Crippen LogP contribution is -2.39. The summed E-state index contributed by atoms with van der Waals surface area (Å²) < 4.78 is 46.9. The van der Waals surface area contributed by atoms with E-state index in [1.54, 1.807) is 0 Å². The van der Waals surface area contributed by atoms with Crippen molar-refractivity contribution >= 4 is 43.1 Å². The van der Waals surface area contributed by atoms with Gasteiger partial charge in [0, 0.05) is 11.3 Å². The highest BCUT2D eigenvalue weighted by Gasteiger charge is 2.28. The number of anilines is 1. The quantitative estimate of drug-likeness (QED) is 0.809. The maximum atomic E-state index is 12.0. The van der Waals surface area contributed by atoms with Gasteiger partial charge >= 0.3 is 5.97 Å². The molecule has 112 valence electrons. The van der Waals surface area contributed by atoms with Crippen LogP contribution in [0.5, 0.6) is 0 Å². The Morgan fingerprint density at radius 3 is 2.10 bits per heavy atom. The van der Waals surface area contributed by atoms with Crippen LogP contribution in [-0.4, -0.2) is 45.8 Å². The van der Waals surface area contributed by atoms with E-state index in [1.807, 2.05) is 0 Å². The van der Waals surface area contributed by atoms with Crippen LogP contribution in [0.4, 0.5) is 5.69 Å². The smallest absolute Gasteiger partial charge is 0.324 e. The third-order valence-electron chi connectivity index (χ3n) is 2.09. The average Bonchev–Trinajstić information content (AvgIpc) is 2.23. The number of nitrogens with zero attached hydrogens (tertiary/aromatic N) is 1. The first-order valence-corrected chi connectivity index (χ1v) is 9.21. The van der Waals surface area contributed by atoms with E-state index in [2.05, 4.69) is 0 Å². The second kappa shape index (κ2) is 5.98. The summed E-state index contributed by atoms with van der Waals surface area (Å²) in [6.07, 6.45) is 0.755. The van der Waals surface area contributed by atoms with Gasteiger partial charge in [0.1, 0.15) is 6.54 Å². The standard InChI is InChI=1S/C10H12ClNO6S2/c1-19(15,16)7-20(17,18)12(6-10(13)14)9-4-2-8(11)3-5-9/h2-5H,6-7H2,1H3,(H,13,14). The fourth-order valence-corrected chi connectivity index (χ4v) is 4.96. The average molecular weight is 342 g/mol. The van der Waals surface area contributed by atoms with Gasteiger partial charge < -0.3 is 5.11 Å². The van der Waals surface area contributed by atoms with E-state index in [-0.39, 0.29) is 5.69 Å². The van der Waals surface area contributed by atoms with Crippen molar-refractivity contribution in [3.8, 4) is 0 Å². The summed E-state index contributed by atoms with van der Waals surface area (Å²) in [5.41, 5.74) is 0.0282. The van der Waals surface area contributed by atoms with E-state index in [0.717, 1.165) is 6.26 Å². The Morgan fingerprint density at radius 2 is 1.70 bits per heavy atom. The zero-order chi connectivity index (χ0) is 15.6. The number of benzene rings is 1. The molecule has 1 rings (SSSR count). The number of sulfone groups is 1. The number of hydrogen-bond donors (Lipinski definition) is 1. The zero-order valence-electron chi connectivity index (χ0n) is 10.4. The molecule has 0 aliphatic rings. The molecule has 1 aromatic carbocycles. The van der Waals surface area contributed by atoms with Gasteiger partial charge in [-0.15, -0.1) is 0 Å². The predicted molar refractivity (Wildman–Crippen MR) is 75.1 cm³/mol. The van der Waals surface area contributed by atoms with Crippen LogP contribution in [0.25, 0.3) is 0 Å². The number of hydrogen-bond acceptors (Lipinski definition) is 5. The van der Waals surface area contributed by atoms with Crippen molar-refractivity contribution < 1.29 is 26.7 Å². The molecule has 0 bridgehead atoms. The van der Waals surface area contributed by atoms with Crippen molar-refractivity contribution in [1.29, 1.82) is 0 Å².